The van der Waals surface area contributed by atoms with E-state index in [0.29, 0.717) is 19.0 Å². The summed E-state index contributed by atoms with van der Waals surface area (Å²) in [7, 11) is -3.44. The van der Waals surface area contributed by atoms with E-state index in [2.05, 4.69) is 20.8 Å². The number of aryl methyl sites for hydroxylation is 3. The first kappa shape index (κ1) is 16.8. The van der Waals surface area contributed by atoms with E-state index in [0.717, 1.165) is 44.2 Å². The van der Waals surface area contributed by atoms with Gasteiger partial charge in [0.05, 0.1) is 12.8 Å². The van der Waals surface area contributed by atoms with Crippen molar-refractivity contribution in [3.63, 3.8) is 0 Å². The van der Waals surface area contributed by atoms with Crippen molar-refractivity contribution in [3.8, 4) is 5.88 Å². The smallest absolute Gasteiger partial charge is 0.354 e. The van der Waals surface area contributed by atoms with Crippen molar-refractivity contribution in [1.82, 2.24) is 9.78 Å². The zero-order valence-electron chi connectivity index (χ0n) is 14.9. The van der Waals surface area contributed by atoms with Crippen molar-refractivity contribution < 1.29 is 13.7 Å². The van der Waals surface area contributed by atoms with E-state index in [-0.39, 0.29) is 4.90 Å². The monoisotopic (exact) mass is 387 g/mol. The molecule has 1 aromatic carbocycles. The first-order chi connectivity index (χ1) is 13.0. The van der Waals surface area contributed by atoms with E-state index in [9.17, 15) is 9.00 Å². The summed E-state index contributed by atoms with van der Waals surface area (Å²) < 4.78 is 23.9. The predicted molar refractivity (Wildman–Crippen MR) is 100 cm³/mol. The molecule has 1 aromatic heterocycles. The van der Waals surface area contributed by atoms with E-state index in [4.69, 9.17) is 9.88 Å². The van der Waals surface area contributed by atoms with E-state index < -0.39 is 15.9 Å². The molecule has 2 amide bonds. The van der Waals surface area contributed by atoms with Crippen LogP contribution in [-0.2, 0) is 42.1 Å². The highest BCUT2D eigenvalue weighted by molar-refractivity contribution is 7.91. The van der Waals surface area contributed by atoms with Gasteiger partial charge in [0.15, 0.2) is 9.92 Å². The van der Waals surface area contributed by atoms with E-state index in [1.54, 1.807) is 4.68 Å². The molecule has 0 bridgehead atoms. The summed E-state index contributed by atoms with van der Waals surface area (Å²) in [5.41, 5.74) is 5.80. The van der Waals surface area contributed by atoms with Crippen molar-refractivity contribution >= 4 is 21.6 Å². The molecule has 1 aliphatic heterocycles. The quantitative estimate of drug-likeness (QED) is 0.822. The third-order valence-electron chi connectivity index (χ3n) is 5.52. The Morgan fingerprint density at radius 1 is 1.22 bits per heavy atom. The van der Waals surface area contributed by atoms with Gasteiger partial charge in [0.25, 0.3) is 0 Å². The van der Waals surface area contributed by atoms with Crippen LogP contribution in [0.5, 0.6) is 5.88 Å². The molecule has 3 aliphatic rings. The van der Waals surface area contributed by atoms with Crippen molar-refractivity contribution in [2.45, 2.75) is 50.0 Å². The molecule has 2 aromatic rings. The fourth-order valence-electron chi connectivity index (χ4n) is 4.14. The maximum atomic E-state index is 12.9. The number of rotatable bonds is 2. The van der Waals surface area contributed by atoms with Crippen LogP contribution in [0.4, 0.5) is 10.5 Å². The number of nitrogens with zero attached hydrogens (tertiary/aromatic N) is 3. The van der Waals surface area contributed by atoms with Crippen molar-refractivity contribution in [2.75, 3.05) is 11.9 Å². The van der Waals surface area contributed by atoms with Crippen LogP contribution in [0.25, 0.3) is 0 Å². The fourth-order valence-corrected chi connectivity index (χ4v) is 5.15. The molecule has 9 heteroatoms. The molecule has 2 heterocycles. The number of amides is 2. The average Bonchev–Trinajstić information content (AvgIpc) is 3.24. The second kappa shape index (κ2) is 6.07. The maximum Gasteiger partial charge on any atom is 0.354 e. The van der Waals surface area contributed by atoms with Gasteiger partial charge in [-0.2, -0.15) is 5.10 Å². The summed E-state index contributed by atoms with van der Waals surface area (Å²) in [5.74, 6) is 0.343. The third kappa shape index (κ3) is 2.72. The summed E-state index contributed by atoms with van der Waals surface area (Å²) in [4.78, 5) is 12.7. The van der Waals surface area contributed by atoms with Crippen molar-refractivity contribution in [1.29, 1.82) is 0 Å². The Kier molecular flexibility index (Phi) is 3.76. The third-order valence-corrected chi connectivity index (χ3v) is 6.87. The Labute approximate surface area is 157 Å². The van der Waals surface area contributed by atoms with Gasteiger partial charge >= 0.3 is 6.03 Å². The van der Waals surface area contributed by atoms with Gasteiger partial charge in [0.1, 0.15) is 4.90 Å². The van der Waals surface area contributed by atoms with E-state index in [1.165, 1.54) is 28.5 Å². The lowest BCUT2D eigenvalue weighted by molar-refractivity contribution is 0.224. The molecule has 0 saturated carbocycles. The van der Waals surface area contributed by atoms with Gasteiger partial charge in [0, 0.05) is 18.7 Å². The number of benzene rings is 1. The second-order valence-corrected chi connectivity index (χ2v) is 8.97. The highest BCUT2D eigenvalue weighted by Crippen LogP contribution is 2.39. The Morgan fingerprint density at radius 3 is 2.85 bits per heavy atom. The van der Waals surface area contributed by atoms with Gasteiger partial charge in [0.2, 0.25) is 5.88 Å². The van der Waals surface area contributed by atoms with Gasteiger partial charge < -0.3 is 10.1 Å². The molecule has 3 N–H and O–H groups in total. The summed E-state index contributed by atoms with van der Waals surface area (Å²) in [6.07, 6.45) is 7.26. The number of anilines is 1. The zero-order chi connectivity index (χ0) is 18.6. The van der Waals surface area contributed by atoms with Crippen LogP contribution in [0.15, 0.2) is 21.5 Å². The highest BCUT2D eigenvalue weighted by Gasteiger charge is 2.28. The lowest BCUT2D eigenvalue weighted by atomic mass is 9.83. The lowest BCUT2D eigenvalue weighted by Crippen LogP contribution is -2.22. The molecule has 0 spiro atoms. The molecule has 2 aliphatic carbocycles. The molecule has 0 unspecified atom stereocenters. The van der Waals surface area contributed by atoms with Gasteiger partial charge in [-0.3, -0.25) is 0 Å². The Bertz CT molecular complexity index is 1080. The normalized spacial score (nSPS) is 19.0. The number of nitrogens with one attached hydrogen (secondary N) is 1. The molecule has 0 radical (unpaired) electrons. The largest absolute Gasteiger partial charge is 0.477 e. The number of carbonyl (C=O) groups excluding carboxylic acids is 1. The predicted octanol–water partition coefficient (Wildman–Crippen LogP) is 2.19. The number of carbonyl (C=O) groups is 1. The molecule has 8 nitrogen and oxygen atoms in total. The summed E-state index contributed by atoms with van der Waals surface area (Å²) >= 11 is 0. The molecule has 0 fully saturated rings. The van der Waals surface area contributed by atoms with Crippen LogP contribution >= 0.6 is 0 Å². The molecule has 27 heavy (non-hydrogen) atoms. The maximum absolute atomic E-state index is 12.9. The summed E-state index contributed by atoms with van der Waals surface area (Å²) in [6.45, 7) is 1.17. The zero-order valence-corrected chi connectivity index (χ0v) is 15.7. The second-order valence-electron chi connectivity index (χ2n) is 7.21. The molecular weight excluding hydrogens is 366 g/mol. The van der Waals surface area contributed by atoms with Crippen LogP contribution < -0.4 is 15.2 Å². The number of ether oxygens (including phenoxy) is 1. The molecule has 5 rings (SSSR count). The summed E-state index contributed by atoms with van der Waals surface area (Å²) in [6, 6.07) is 1.57. The highest BCUT2D eigenvalue weighted by atomic mass is 32.2. The minimum atomic E-state index is -3.44. The molecule has 142 valence electrons. The Balaban J connectivity index is 1.48. The topological polar surface area (TPSA) is 112 Å². The first-order valence-electron chi connectivity index (χ1n) is 9.24. The Hall–Kier alpha value is -2.39. The molecular formula is C18H21N5O3S. The number of nitrogens with two attached hydrogens (primary N) is 1. The summed E-state index contributed by atoms with van der Waals surface area (Å²) in [5, 5.41) is 12.9. The standard InChI is InChI=1S/C18H21N5O3S/c19-27(25,15-10-20-23-7-2-8-26-17(15)23)22-18(24)21-16-13-4-1-3-11(13)9-12-5-6-14(12)16/h9-10H,1-8H2,(H3,19,21,22,24,25)/t27-/m0/s1. The number of aromatic nitrogens is 2. The molecule has 0 saturated heterocycles. The van der Waals surface area contributed by atoms with Crippen molar-refractivity contribution in [3.05, 3.63) is 34.5 Å². The van der Waals surface area contributed by atoms with Gasteiger partial charge in [-0.1, -0.05) is 6.07 Å². The number of urea groups is 1. The van der Waals surface area contributed by atoms with Crippen LogP contribution in [0, 0.1) is 0 Å². The van der Waals surface area contributed by atoms with Crippen LogP contribution in [0.3, 0.4) is 0 Å². The first-order valence-corrected chi connectivity index (χ1v) is 10.8. The van der Waals surface area contributed by atoms with Gasteiger partial charge in [-0.25, -0.2) is 18.8 Å². The minimum Gasteiger partial charge on any atom is -0.477 e. The minimum absolute atomic E-state index is 0.170. The van der Waals surface area contributed by atoms with Crippen molar-refractivity contribution in [2.24, 2.45) is 9.50 Å². The van der Waals surface area contributed by atoms with E-state index in [1.807, 2.05) is 0 Å². The van der Waals surface area contributed by atoms with Crippen LogP contribution in [-0.4, -0.2) is 26.6 Å². The Morgan fingerprint density at radius 2 is 2.04 bits per heavy atom. The molecule has 1 atom stereocenters. The number of fused-ring (bicyclic) bond motifs is 3. The fraction of sp³-hybridized carbons (Fsp3) is 0.444. The van der Waals surface area contributed by atoms with Gasteiger partial charge in [-0.15, -0.1) is 4.36 Å². The van der Waals surface area contributed by atoms with Gasteiger partial charge in [-0.05, 0) is 54.4 Å². The lowest BCUT2D eigenvalue weighted by Gasteiger charge is -2.25. The van der Waals surface area contributed by atoms with Crippen LogP contribution in [0.1, 0.15) is 35.1 Å². The number of hydrogen-bond donors (Lipinski definition) is 2. The van der Waals surface area contributed by atoms with Crippen LogP contribution in [0.2, 0.25) is 0 Å². The van der Waals surface area contributed by atoms with E-state index >= 15 is 0 Å². The SMILES string of the molecule is N[S@](=O)(=NC(=O)Nc1c2c(cc3c1CC3)CCC2)c1cnn2c1OCCC2. The number of hydrogen-bond acceptors (Lipinski definition) is 4. The average molecular weight is 387 g/mol.